The van der Waals surface area contributed by atoms with Crippen molar-refractivity contribution >= 4 is 66.6 Å². The Morgan fingerprint density at radius 3 is 0.932 bits per heavy atom. The van der Waals surface area contributed by atoms with Crippen LogP contribution in [0.4, 0.5) is 0 Å². The Balaban J connectivity index is 1.42. The molecule has 0 amide bonds. The summed E-state index contributed by atoms with van der Waals surface area (Å²) in [5.41, 5.74) is 0. The highest BCUT2D eigenvalue weighted by Gasteiger charge is 2.17. The summed E-state index contributed by atoms with van der Waals surface area (Å²) in [4.78, 5) is 2.98. The van der Waals surface area contributed by atoms with Gasteiger partial charge in [0.25, 0.3) is 0 Å². The van der Waals surface area contributed by atoms with Gasteiger partial charge in [-0.2, -0.15) is 0 Å². The van der Waals surface area contributed by atoms with E-state index in [0.29, 0.717) is 0 Å². The molecule has 0 nitrogen and oxygen atoms in total. The number of rotatable bonds is 20. The number of hydrogen-bond acceptors (Lipinski definition) is 2. The summed E-state index contributed by atoms with van der Waals surface area (Å²) in [6.07, 6.45) is 22.0. The van der Waals surface area contributed by atoms with Gasteiger partial charge in [0, 0.05) is 9.79 Å². The van der Waals surface area contributed by atoms with E-state index in [9.17, 15) is 0 Å². The van der Waals surface area contributed by atoms with Crippen molar-refractivity contribution in [2.45, 2.75) is 126 Å². The Hall–Kier alpha value is -2.16. The second kappa shape index (κ2) is 18.1. The van der Waals surface area contributed by atoms with E-state index in [0.717, 1.165) is 0 Å². The third kappa shape index (κ3) is 8.97. The standard InChI is InChI=1S/C42H54S2/c1-3-5-7-9-11-13-15-21-27-43-41-37-29-33-23-17-19-25-35(33)31-39(37)42(44-28-22-16-14-12-10-8-6-4-2)40-32-36-26-20-18-24-34(36)30-38(40)41/h17-20,23-26,29-32H,3-16,21-22,27-28H2,1-2H3. The first kappa shape index (κ1) is 33.2. The van der Waals surface area contributed by atoms with Crippen LogP contribution in [0.3, 0.4) is 0 Å². The minimum absolute atomic E-state index is 1.20. The molecule has 0 saturated heterocycles. The first-order valence-corrected chi connectivity index (χ1v) is 19.8. The Kier molecular flexibility index (Phi) is 13.7. The molecule has 0 aliphatic carbocycles. The molecule has 2 heteroatoms. The van der Waals surface area contributed by atoms with E-state index in [4.69, 9.17) is 0 Å². The molecule has 0 N–H and O–H groups in total. The molecule has 0 aliphatic rings. The van der Waals surface area contributed by atoms with Gasteiger partial charge in [0.05, 0.1) is 0 Å². The van der Waals surface area contributed by atoms with Crippen LogP contribution in [0.5, 0.6) is 0 Å². The first-order valence-electron chi connectivity index (χ1n) is 17.9. The van der Waals surface area contributed by atoms with Crippen LogP contribution in [0.2, 0.25) is 0 Å². The lowest BCUT2D eigenvalue weighted by Crippen LogP contribution is -1.92. The molecular formula is C42H54S2. The van der Waals surface area contributed by atoms with Crippen molar-refractivity contribution in [3.05, 3.63) is 72.8 Å². The highest BCUT2D eigenvalue weighted by Crippen LogP contribution is 2.45. The van der Waals surface area contributed by atoms with Gasteiger partial charge in [0.2, 0.25) is 0 Å². The Bertz CT molecular complexity index is 1380. The second-order valence-corrected chi connectivity index (χ2v) is 15.0. The van der Waals surface area contributed by atoms with Crippen molar-refractivity contribution in [2.24, 2.45) is 0 Å². The molecule has 44 heavy (non-hydrogen) atoms. The molecule has 0 fully saturated rings. The molecule has 5 aromatic carbocycles. The van der Waals surface area contributed by atoms with Crippen molar-refractivity contribution in [3.63, 3.8) is 0 Å². The van der Waals surface area contributed by atoms with Gasteiger partial charge in [-0.25, -0.2) is 0 Å². The molecule has 234 valence electrons. The molecular weight excluding hydrogens is 569 g/mol. The highest BCUT2D eigenvalue weighted by molar-refractivity contribution is 8.00. The Labute approximate surface area is 276 Å². The predicted molar refractivity (Wildman–Crippen MR) is 203 cm³/mol. The smallest absolute Gasteiger partial charge is 0.0230 e. The van der Waals surface area contributed by atoms with Gasteiger partial charge in [0.15, 0.2) is 0 Å². The van der Waals surface area contributed by atoms with Crippen molar-refractivity contribution in [1.29, 1.82) is 0 Å². The Morgan fingerprint density at radius 2 is 0.636 bits per heavy atom. The summed E-state index contributed by atoms with van der Waals surface area (Å²) in [6, 6.07) is 27.9. The zero-order valence-electron chi connectivity index (χ0n) is 27.5. The van der Waals surface area contributed by atoms with Crippen LogP contribution in [0.15, 0.2) is 82.6 Å². The summed E-state index contributed by atoms with van der Waals surface area (Å²) < 4.78 is 0. The molecule has 5 aromatic rings. The predicted octanol–water partition coefficient (Wildman–Crippen LogP) is 14.8. The van der Waals surface area contributed by atoms with Crippen LogP contribution in [-0.4, -0.2) is 11.5 Å². The van der Waals surface area contributed by atoms with Gasteiger partial charge in [-0.15, -0.1) is 23.5 Å². The van der Waals surface area contributed by atoms with Gasteiger partial charge in [-0.3, -0.25) is 0 Å². The van der Waals surface area contributed by atoms with E-state index in [-0.39, 0.29) is 0 Å². The minimum atomic E-state index is 1.20. The number of unbranched alkanes of at least 4 members (excludes halogenated alkanes) is 14. The number of thioether (sulfide) groups is 2. The summed E-state index contributed by atoms with van der Waals surface area (Å²) in [5.74, 6) is 2.40. The van der Waals surface area contributed by atoms with Crippen LogP contribution < -0.4 is 0 Å². The topological polar surface area (TPSA) is 0 Å². The largest absolute Gasteiger partial charge is 0.125 e. The monoisotopic (exact) mass is 622 g/mol. The number of benzene rings is 5. The first-order chi connectivity index (χ1) is 21.8. The Morgan fingerprint density at radius 1 is 0.364 bits per heavy atom. The van der Waals surface area contributed by atoms with Crippen molar-refractivity contribution in [1.82, 2.24) is 0 Å². The SMILES string of the molecule is CCCCCCCCCCSc1c2cc3ccccc3cc2c(SCCCCCCCCCC)c2cc3ccccc3cc12. The molecule has 0 aliphatic heterocycles. The van der Waals surface area contributed by atoms with Gasteiger partial charge in [-0.05, 0) is 91.7 Å². The van der Waals surface area contributed by atoms with Crippen molar-refractivity contribution in [2.75, 3.05) is 11.5 Å². The summed E-state index contributed by atoms with van der Waals surface area (Å²) in [6.45, 7) is 4.61. The van der Waals surface area contributed by atoms with Crippen LogP contribution in [-0.2, 0) is 0 Å². The summed E-state index contributed by atoms with van der Waals surface area (Å²) >= 11 is 4.22. The van der Waals surface area contributed by atoms with E-state index >= 15 is 0 Å². The van der Waals surface area contributed by atoms with Crippen LogP contribution in [0.1, 0.15) is 117 Å². The fourth-order valence-corrected chi connectivity index (χ4v) is 9.06. The quantitative estimate of drug-likeness (QED) is 0.0481. The third-order valence-electron chi connectivity index (χ3n) is 9.24. The zero-order chi connectivity index (χ0) is 30.4. The van der Waals surface area contributed by atoms with Crippen LogP contribution >= 0.6 is 23.5 Å². The van der Waals surface area contributed by atoms with Crippen LogP contribution in [0, 0.1) is 0 Å². The molecule has 5 rings (SSSR count). The van der Waals surface area contributed by atoms with Crippen molar-refractivity contribution in [3.8, 4) is 0 Å². The van der Waals surface area contributed by atoms with E-state index in [1.54, 1.807) is 0 Å². The van der Waals surface area contributed by atoms with Gasteiger partial charge in [-0.1, -0.05) is 152 Å². The van der Waals surface area contributed by atoms with Gasteiger partial charge in [0.1, 0.15) is 0 Å². The summed E-state index contributed by atoms with van der Waals surface area (Å²) in [7, 11) is 0. The molecule has 0 unspecified atom stereocenters. The molecule has 0 saturated carbocycles. The number of hydrogen-bond donors (Lipinski definition) is 0. The van der Waals surface area contributed by atoms with Crippen molar-refractivity contribution < 1.29 is 0 Å². The molecule has 0 aromatic heterocycles. The molecule has 0 heterocycles. The molecule has 0 spiro atoms. The maximum Gasteiger partial charge on any atom is 0.0230 e. The second-order valence-electron chi connectivity index (χ2n) is 12.8. The van der Waals surface area contributed by atoms with E-state index in [1.807, 2.05) is 0 Å². The third-order valence-corrected chi connectivity index (χ3v) is 11.7. The maximum absolute atomic E-state index is 2.50. The highest BCUT2D eigenvalue weighted by atomic mass is 32.2. The van der Waals surface area contributed by atoms with E-state index in [1.165, 1.54) is 167 Å². The van der Waals surface area contributed by atoms with Crippen LogP contribution in [0.25, 0.3) is 43.1 Å². The minimum Gasteiger partial charge on any atom is -0.125 e. The molecule has 0 radical (unpaired) electrons. The van der Waals surface area contributed by atoms with E-state index < -0.39 is 0 Å². The zero-order valence-corrected chi connectivity index (χ0v) is 29.1. The van der Waals surface area contributed by atoms with E-state index in [2.05, 4.69) is 110 Å². The fraction of sp³-hybridized carbons (Fsp3) is 0.476. The lowest BCUT2D eigenvalue weighted by Gasteiger charge is -2.18. The van der Waals surface area contributed by atoms with Gasteiger partial charge < -0.3 is 0 Å². The molecule has 0 atom stereocenters. The fourth-order valence-electron chi connectivity index (χ4n) is 6.65. The normalized spacial score (nSPS) is 11.9. The molecule has 0 bridgehead atoms. The summed E-state index contributed by atoms with van der Waals surface area (Å²) in [5, 5.41) is 11.2. The average molecular weight is 623 g/mol. The number of fused-ring (bicyclic) bond motifs is 4. The lowest BCUT2D eigenvalue weighted by atomic mass is 9.97. The lowest BCUT2D eigenvalue weighted by molar-refractivity contribution is 0.586. The maximum atomic E-state index is 2.50. The average Bonchev–Trinajstić information content (AvgIpc) is 3.05. The van der Waals surface area contributed by atoms with Gasteiger partial charge >= 0.3 is 0 Å².